The molecule has 1 aliphatic heterocycles. The van der Waals surface area contributed by atoms with Gasteiger partial charge in [0.05, 0.1) is 22.5 Å². The van der Waals surface area contributed by atoms with Crippen LogP contribution < -0.4 is 0 Å². The Labute approximate surface area is 219 Å². The van der Waals surface area contributed by atoms with Crippen molar-refractivity contribution in [3.63, 3.8) is 0 Å². The van der Waals surface area contributed by atoms with Crippen LogP contribution in [0.1, 0.15) is 69.0 Å². The van der Waals surface area contributed by atoms with Gasteiger partial charge >= 0.3 is 0 Å². The smallest absolute Gasteiger partial charge is 0.229 e. The minimum atomic E-state index is -3.28. The van der Waals surface area contributed by atoms with Gasteiger partial charge in [0.25, 0.3) is 0 Å². The van der Waals surface area contributed by atoms with E-state index in [1.165, 1.54) is 0 Å². The van der Waals surface area contributed by atoms with E-state index in [4.69, 9.17) is 23.2 Å². The highest BCUT2D eigenvalue weighted by Gasteiger charge is 2.52. The number of amides is 1. The Hall–Kier alpha value is -1.82. The van der Waals surface area contributed by atoms with Gasteiger partial charge in [-0.1, -0.05) is 67.4 Å². The van der Waals surface area contributed by atoms with E-state index >= 15 is 0 Å². The average molecular weight is 535 g/mol. The molecule has 7 heteroatoms. The van der Waals surface area contributed by atoms with Crippen molar-refractivity contribution in [1.82, 2.24) is 4.90 Å². The van der Waals surface area contributed by atoms with E-state index in [9.17, 15) is 13.2 Å². The van der Waals surface area contributed by atoms with Crippen molar-refractivity contribution < 1.29 is 13.2 Å². The summed E-state index contributed by atoms with van der Waals surface area (Å²) < 4.78 is 26.2. The molecule has 1 aliphatic carbocycles. The zero-order valence-corrected chi connectivity index (χ0v) is 22.6. The second-order valence-corrected chi connectivity index (χ2v) is 13.4. The lowest BCUT2D eigenvalue weighted by Gasteiger charge is -2.52. The quantitative estimate of drug-likeness (QED) is 0.326. The zero-order chi connectivity index (χ0) is 25.4. The van der Waals surface area contributed by atoms with E-state index in [1.807, 2.05) is 67.3 Å². The summed E-state index contributed by atoms with van der Waals surface area (Å²) in [5, 5.41) is 0.977. The van der Waals surface area contributed by atoms with Gasteiger partial charge < -0.3 is 4.90 Å². The van der Waals surface area contributed by atoms with E-state index in [2.05, 4.69) is 6.58 Å². The topological polar surface area (TPSA) is 54.5 Å². The molecule has 4 rings (SSSR count). The molecule has 35 heavy (non-hydrogen) atoms. The van der Waals surface area contributed by atoms with Gasteiger partial charge in [-0.3, -0.25) is 4.79 Å². The van der Waals surface area contributed by atoms with E-state index in [1.54, 1.807) is 6.08 Å². The molecule has 3 unspecified atom stereocenters. The molecular weight excluding hydrogens is 501 g/mol. The molecule has 1 saturated carbocycles. The van der Waals surface area contributed by atoms with Crippen molar-refractivity contribution in [3.05, 3.63) is 82.4 Å². The summed E-state index contributed by atoms with van der Waals surface area (Å²) in [6.07, 6.45) is 4.88. The summed E-state index contributed by atoms with van der Waals surface area (Å²) in [6.45, 7) is 7.85. The lowest BCUT2D eigenvalue weighted by molar-refractivity contribution is -0.153. The van der Waals surface area contributed by atoms with Crippen LogP contribution in [0.4, 0.5) is 0 Å². The maximum absolute atomic E-state index is 14.2. The minimum absolute atomic E-state index is 0.0174. The molecule has 2 aliphatic rings. The fraction of sp³-hybridized carbons (Fsp3) is 0.464. The number of sulfone groups is 1. The van der Waals surface area contributed by atoms with Crippen LogP contribution in [-0.4, -0.2) is 36.3 Å². The van der Waals surface area contributed by atoms with Gasteiger partial charge in [-0.05, 0) is 67.5 Å². The third kappa shape index (κ3) is 5.47. The fourth-order valence-corrected chi connectivity index (χ4v) is 7.90. The molecule has 4 nitrogen and oxygen atoms in total. The summed E-state index contributed by atoms with van der Waals surface area (Å²) in [5.74, 6) is -0.111. The molecule has 0 radical (unpaired) electrons. The van der Waals surface area contributed by atoms with Gasteiger partial charge in [-0.25, -0.2) is 8.42 Å². The lowest BCUT2D eigenvalue weighted by Crippen LogP contribution is -2.57. The van der Waals surface area contributed by atoms with Crippen molar-refractivity contribution in [2.75, 3.05) is 5.75 Å². The highest BCUT2D eigenvalue weighted by molar-refractivity contribution is 7.92. The van der Waals surface area contributed by atoms with Gasteiger partial charge in [0.2, 0.25) is 5.91 Å². The molecule has 0 bridgehead atoms. The standard InChI is InChI=1S/C28H33Cl2NO3S/c1-4-15-28(3)17-25(20-7-6-8-22(30)16-20)26(19-9-11-21(29)12-10-19)31(27(28)32)23(5-2)18-35(33,34)24-13-14-24/h4,6-12,16,23-26H,1,5,13-15,17-18H2,2-3H3/t23-,25?,26?,28?/m0/s1. The molecule has 1 saturated heterocycles. The first-order chi connectivity index (χ1) is 16.6. The number of carbonyl (C=O) groups is 1. The number of allylic oxidation sites excluding steroid dienone is 1. The maximum Gasteiger partial charge on any atom is 0.229 e. The summed E-state index contributed by atoms with van der Waals surface area (Å²) in [5.41, 5.74) is 1.27. The van der Waals surface area contributed by atoms with E-state index in [0.29, 0.717) is 42.1 Å². The van der Waals surface area contributed by atoms with Crippen molar-refractivity contribution >= 4 is 38.9 Å². The predicted molar refractivity (Wildman–Crippen MR) is 144 cm³/mol. The molecule has 1 amide bonds. The molecule has 0 spiro atoms. The van der Waals surface area contributed by atoms with E-state index in [-0.39, 0.29) is 28.9 Å². The summed E-state index contributed by atoms with van der Waals surface area (Å²) in [4.78, 5) is 16.1. The number of likely N-dealkylation sites (tertiary alicyclic amines) is 1. The second kappa shape index (κ2) is 10.3. The zero-order valence-electron chi connectivity index (χ0n) is 20.3. The van der Waals surface area contributed by atoms with Crippen LogP contribution >= 0.6 is 23.2 Å². The highest BCUT2D eigenvalue weighted by atomic mass is 35.5. The van der Waals surface area contributed by atoms with Crippen molar-refractivity contribution in [1.29, 1.82) is 0 Å². The Bertz CT molecular complexity index is 1190. The third-order valence-corrected chi connectivity index (χ3v) is 10.3. The van der Waals surface area contributed by atoms with Gasteiger partial charge in [0.1, 0.15) is 0 Å². The van der Waals surface area contributed by atoms with Crippen LogP contribution in [0.15, 0.2) is 61.2 Å². The Morgan fingerprint density at radius 2 is 1.80 bits per heavy atom. The summed E-state index contributed by atoms with van der Waals surface area (Å²) >= 11 is 12.6. The number of rotatable bonds is 9. The number of hydrogen-bond acceptors (Lipinski definition) is 3. The number of carbonyl (C=O) groups excluding carboxylic acids is 1. The lowest BCUT2D eigenvalue weighted by atomic mass is 9.67. The van der Waals surface area contributed by atoms with Crippen molar-refractivity contribution in [2.45, 2.75) is 69.2 Å². The van der Waals surface area contributed by atoms with Crippen LogP contribution in [0.3, 0.4) is 0 Å². The number of piperidine rings is 1. The molecule has 0 aromatic heterocycles. The van der Waals surface area contributed by atoms with Crippen LogP contribution in [0.25, 0.3) is 0 Å². The van der Waals surface area contributed by atoms with Crippen LogP contribution in [0.5, 0.6) is 0 Å². The largest absolute Gasteiger partial charge is 0.331 e. The summed E-state index contributed by atoms with van der Waals surface area (Å²) in [6, 6.07) is 14.6. The Morgan fingerprint density at radius 3 is 2.37 bits per heavy atom. The monoisotopic (exact) mass is 533 g/mol. The number of benzene rings is 2. The van der Waals surface area contributed by atoms with Gasteiger partial charge in [0.15, 0.2) is 9.84 Å². The summed E-state index contributed by atoms with van der Waals surface area (Å²) in [7, 11) is -3.28. The minimum Gasteiger partial charge on any atom is -0.331 e. The van der Waals surface area contributed by atoms with E-state index in [0.717, 1.165) is 11.1 Å². The van der Waals surface area contributed by atoms with Gasteiger partial charge in [-0.15, -0.1) is 6.58 Å². The first-order valence-corrected chi connectivity index (χ1v) is 14.7. The Morgan fingerprint density at radius 1 is 1.11 bits per heavy atom. The number of nitrogens with zero attached hydrogens (tertiary/aromatic N) is 1. The predicted octanol–water partition coefficient (Wildman–Crippen LogP) is 6.99. The normalized spacial score (nSPS) is 25.9. The molecule has 2 aromatic rings. The molecule has 1 heterocycles. The molecule has 4 atom stereocenters. The Kier molecular flexibility index (Phi) is 7.71. The van der Waals surface area contributed by atoms with Gasteiger partial charge in [0, 0.05) is 22.0 Å². The van der Waals surface area contributed by atoms with Crippen LogP contribution in [0, 0.1) is 5.41 Å². The third-order valence-electron chi connectivity index (χ3n) is 7.51. The molecular formula is C28H33Cl2NO3S. The average Bonchev–Trinajstić information content (AvgIpc) is 3.67. The molecule has 2 fully saturated rings. The maximum atomic E-state index is 14.2. The second-order valence-electron chi connectivity index (χ2n) is 10.2. The molecule has 188 valence electrons. The number of hydrogen-bond donors (Lipinski definition) is 0. The fourth-order valence-electron chi connectivity index (χ4n) is 5.51. The number of halogens is 2. The molecule has 2 aromatic carbocycles. The van der Waals surface area contributed by atoms with Gasteiger partial charge in [-0.2, -0.15) is 0 Å². The van der Waals surface area contributed by atoms with Crippen molar-refractivity contribution in [2.24, 2.45) is 5.41 Å². The van der Waals surface area contributed by atoms with Crippen LogP contribution in [0.2, 0.25) is 10.0 Å². The van der Waals surface area contributed by atoms with Crippen molar-refractivity contribution in [3.8, 4) is 0 Å². The Balaban J connectivity index is 1.88. The van der Waals surface area contributed by atoms with E-state index < -0.39 is 21.3 Å². The highest BCUT2D eigenvalue weighted by Crippen LogP contribution is 2.52. The first kappa shape index (κ1) is 26.2. The molecule has 0 N–H and O–H groups in total. The van der Waals surface area contributed by atoms with Crippen LogP contribution in [-0.2, 0) is 14.6 Å². The SMILES string of the molecule is C=CCC1(C)CC(c2cccc(Cl)c2)C(c2ccc(Cl)cc2)N([C@@H](CC)CS(=O)(=O)C2CC2)C1=O. The first-order valence-electron chi connectivity index (χ1n) is 12.3.